The molecular weight excluding hydrogens is 370 g/mol. The van der Waals surface area contributed by atoms with Crippen molar-refractivity contribution >= 4 is 27.1 Å². The van der Waals surface area contributed by atoms with Crippen LogP contribution in [0.25, 0.3) is 0 Å². The highest BCUT2D eigenvalue weighted by atomic mass is 32.2. The zero-order chi connectivity index (χ0) is 19.5. The summed E-state index contributed by atoms with van der Waals surface area (Å²) in [4.78, 5) is 10.7. The number of benzene rings is 2. The standard InChI is InChI=1S/C18H21N3O5S/c1-26-18(10-5-11-18)13-19-16-9-8-15(12-17(16)21(22)23)27(24,25)20-14-6-3-2-4-7-14/h2-4,6-9,12,19-20H,5,10-11,13H2,1H3. The Hall–Kier alpha value is -2.65. The maximum absolute atomic E-state index is 12.5. The van der Waals surface area contributed by atoms with Gasteiger partial charge in [0.05, 0.1) is 15.4 Å². The zero-order valence-electron chi connectivity index (χ0n) is 14.8. The average Bonchev–Trinajstić information content (AvgIpc) is 2.61. The molecule has 0 aliphatic heterocycles. The highest BCUT2D eigenvalue weighted by Gasteiger charge is 2.37. The Balaban J connectivity index is 1.83. The number of hydrogen-bond donors (Lipinski definition) is 2. The Morgan fingerprint density at radius 3 is 2.44 bits per heavy atom. The molecule has 1 aliphatic rings. The van der Waals surface area contributed by atoms with Gasteiger partial charge in [-0.2, -0.15) is 0 Å². The van der Waals surface area contributed by atoms with Gasteiger partial charge in [0.2, 0.25) is 0 Å². The van der Waals surface area contributed by atoms with Gasteiger partial charge in [-0.15, -0.1) is 0 Å². The van der Waals surface area contributed by atoms with Crippen molar-refractivity contribution in [3.8, 4) is 0 Å². The molecule has 0 spiro atoms. The molecule has 0 unspecified atom stereocenters. The molecule has 2 N–H and O–H groups in total. The Bertz CT molecular complexity index is 922. The first-order valence-electron chi connectivity index (χ1n) is 8.51. The molecule has 1 saturated carbocycles. The molecule has 0 radical (unpaired) electrons. The lowest BCUT2D eigenvalue weighted by atomic mass is 9.80. The second-order valence-electron chi connectivity index (χ2n) is 6.50. The predicted octanol–water partition coefficient (Wildman–Crippen LogP) is 3.38. The van der Waals surface area contributed by atoms with Gasteiger partial charge in [-0.25, -0.2) is 8.42 Å². The third-order valence-electron chi connectivity index (χ3n) is 4.80. The van der Waals surface area contributed by atoms with Crippen molar-refractivity contribution in [2.24, 2.45) is 0 Å². The Labute approximate surface area is 157 Å². The van der Waals surface area contributed by atoms with Crippen LogP contribution in [0.4, 0.5) is 17.1 Å². The highest BCUT2D eigenvalue weighted by Crippen LogP contribution is 2.36. The molecule has 0 saturated heterocycles. The smallest absolute Gasteiger partial charge is 0.293 e. The van der Waals surface area contributed by atoms with Gasteiger partial charge in [-0.05, 0) is 43.5 Å². The van der Waals surface area contributed by atoms with E-state index in [0.717, 1.165) is 25.3 Å². The van der Waals surface area contributed by atoms with E-state index in [4.69, 9.17) is 4.74 Å². The van der Waals surface area contributed by atoms with Crippen molar-refractivity contribution < 1.29 is 18.1 Å². The normalized spacial score (nSPS) is 15.6. The zero-order valence-corrected chi connectivity index (χ0v) is 15.7. The minimum atomic E-state index is -3.93. The van der Waals surface area contributed by atoms with E-state index >= 15 is 0 Å². The van der Waals surface area contributed by atoms with E-state index in [2.05, 4.69) is 10.0 Å². The summed E-state index contributed by atoms with van der Waals surface area (Å²) in [5, 5.41) is 14.5. The van der Waals surface area contributed by atoms with E-state index in [9.17, 15) is 18.5 Å². The minimum Gasteiger partial charge on any atom is -0.377 e. The molecule has 0 amide bonds. The number of hydrogen-bond acceptors (Lipinski definition) is 6. The highest BCUT2D eigenvalue weighted by molar-refractivity contribution is 7.92. The Kier molecular flexibility index (Phi) is 5.33. The van der Waals surface area contributed by atoms with Gasteiger partial charge in [-0.3, -0.25) is 14.8 Å². The number of nitro groups is 1. The van der Waals surface area contributed by atoms with Crippen LogP contribution in [-0.4, -0.2) is 32.6 Å². The van der Waals surface area contributed by atoms with E-state index in [1.165, 1.54) is 12.1 Å². The fraction of sp³-hybridized carbons (Fsp3) is 0.333. The molecule has 1 fully saturated rings. The van der Waals surface area contributed by atoms with Crippen molar-refractivity contribution in [2.45, 2.75) is 29.8 Å². The number of sulfonamides is 1. The molecule has 1 aliphatic carbocycles. The van der Waals surface area contributed by atoms with Gasteiger partial charge < -0.3 is 10.1 Å². The third kappa shape index (κ3) is 4.20. The topological polar surface area (TPSA) is 111 Å². The molecule has 2 aromatic rings. The number of nitrogens with zero attached hydrogens (tertiary/aromatic N) is 1. The lowest BCUT2D eigenvalue weighted by Gasteiger charge is -2.40. The van der Waals surface area contributed by atoms with Gasteiger partial charge in [-0.1, -0.05) is 18.2 Å². The van der Waals surface area contributed by atoms with Crippen LogP contribution < -0.4 is 10.0 Å². The van der Waals surface area contributed by atoms with E-state index in [1.54, 1.807) is 37.4 Å². The summed E-state index contributed by atoms with van der Waals surface area (Å²) in [5.74, 6) is 0. The summed E-state index contributed by atoms with van der Waals surface area (Å²) < 4.78 is 33.0. The van der Waals surface area contributed by atoms with Gasteiger partial charge in [0.25, 0.3) is 15.7 Å². The second kappa shape index (κ2) is 7.53. The van der Waals surface area contributed by atoms with Crippen molar-refractivity contribution in [2.75, 3.05) is 23.7 Å². The fourth-order valence-electron chi connectivity index (χ4n) is 2.98. The predicted molar refractivity (Wildman–Crippen MR) is 102 cm³/mol. The van der Waals surface area contributed by atoms with Crippen molar-refractivity contribution in [3.63, 3.8) is 0 Å². The third-order valence-corrected chi connectivity index (χ3v) is 6.18. The number of para-hydroxylation sites is 1. The second-order valence-corrected chi connectivity index (χ2v) is 8.18. The molecule has 9 heteroatoms. The van der Waals surface area contributed by atoms with E-state index in [0.29, 0.717) is 12.2 Å². The number of nitro benzene ring substituents is 1. The summed E-state index contributed by atoms with van der Waals surface area (Å²) >= 11 is 0. The van der Waals surface area contributed by atoms with Crippen molar-refractivity contribution in [1.82, 2.24) is 0 Å². The first-order chi connectivity index (χ1) is 12.9. The van der Waals surface area contributed by atoms with E-state index < -0.39 is 14.9 Å². The molecule has 3 rings (SSSR count). The first kappa shape index (κ1) is 19.1. The number of methoxy groups -OCH3 is 1. The molecule has 144 valence electrons. The lowest BCUT2D eigenvalue weighted by Crippen LogP contribution is -2.45. The lowest BCUT2D eigenvalue weighted by molar-refractivity contribution is -0.384. The fourth-order valence-corrected chi connectivity index (χ4v) is 4.06. The maximum Gasteiger partial charge on any atom is 0.293 e. The monoisotopic (exact) mass is 391 g/mol. The SMILES string of the molecule is COC1(CNc2ccc(S(=O)(=O)Nc3ccccc3)cc2[N+](=O)[O-])CCC1. The number of anilines is 2. The summed E-state index contributed by atoms with van der Waals surface area (Å²) in [5.41, 5.74) is 0.0425. The van der Waals surface area contributed by atoms with Crippen LogP contribution in [0.5, 0.6) is 0 Å². The maximum atomic E-state index is 12.5. The van der Waals surface area contributed by atoms with Crippen LogP contribution in [-0.2, 0) is 14.8 Å². The molecule has 0 heterocycles. The van der Waals surface area contributed by atoms with E-state index in [1.807, 2.05) is 0 Å². The molecular formula is C18H21N3O5S. The summed E-state index contributed by atoms with van der Waals surface area (Å²) in [7, 11) is -2.31. The van der Waals surface area contributed by atoms with Crippen LogP contribution in [0, 0.1) is 10.1 Å². The van der Waals surface area contributed by atoms with Crippen molar-refractivity contribution in [1.29, 1.82) is 0 Å². The summed E-state index contributed by atoms with van der Waals surface area (Å²) in [6.45, 7) is 0.429. The first-order valence-corrected chi connectivity index (χ1v) is 9.99. The molecule has 27 heavy (non-hydrogen) atoms. The molecule has 0 bridgehead atoms. The molecule has 2 aromatic carbocycles. The van der Waals surface area contributed by atoms with Gasteiger partial charge in [0, 0.05) is 25.4 Å². The van der Waals surface area contributed by atoms with Crippen LogP contribution >= 0.6 is 0 Å². The molecule has 8 nitrogen and oxygen atoms in total. The van der Waals surface area contributed by atoms with E-state index in [-0.39, 0.29) is 21.9 Å². The van der Waals surface area contributed by atoms with Crippen LogP contribution in [0.1, 0.15) is 19.3 Å². The quantitative estimate of drug-likeness (QED) is 0.527. The molecule has 0 aromatic heterocycles. The molecule has 0 atom stereocenters. The van der Waals surface area contributed by atoms with Gasteiger partial charge in [0.15, 0.2) is 0 Å². The number of rotatable bonds is 8. The summed E-state index contributed by atoms with van der Waals surface area (Å²) in [6, 6.07) is 12.2. The van der Waals surface area contributed by atoms with Gasteiger partial charge >= 0.3 is 0 Å². The largest absolute Gasteiger partial charge is 0.377 e. The van der Waals surface area contributed by atoms with Gasteiger partial charge in [0.1, 0.15) is 5.69 Å². The minimum absolute atomic E-state index is 0.172. The van der Waals surface area contributed by atoms with Crippen molar-refractivity contribution in [3.05, 3.63) is 58.6 Å². The van der Waals surface area contributed by atoms with Crippen LogP contribution in [0.2, 0.25) is 0 Å². The van der Waals surface area contributed by atoms with Crippen LogP contribution in [0.15, 0.2) is 53.4 Å². The van der Waals surface area contributed by atoms with Crippen LogP contribution in [0.3, 0.4) is 0 Å². The Morgan fingerprint density at radius 2 is 1.89 bits per heavy atom. The summed E-state index contributed by atoms with van der Waals surface area (Å²) in [6.07, 6.45) is 2.83. The number of ether oxygens (including phenoxy) is 1. The Morgan fingerprint density at radius 1 is 1.19 bits per heavy atom. The number of nitrogens with one attached hydrogen (secondary N) is 2. The average molecular weight is 391 g/mol.